The van der Waals surface area contributed by atoms with Crippen LogP contribution < -0.4 is 10.3 Å². The summed E-state index contributed by atoms with van der Waals surface area (Å²) >= 11 is 0. The van der Waals surface area contributed by atoms with Gasteiger partial charge in [0.15, 0.2) is 5.75 Å². The number of nitrogens with zero attached hydrogens (tertiary/aromatic N) is 1. The van der Waals surface area contributed by atoms with Crippen molar-refractivity contribution < 1.29 is 19.8 Å². The zero-order valence-electron chi connectivity index (χ0n) is 11.6. The number of hydroxylamine groups is 1. The van der Waals surface area contributed by atoms with E-state index in [0.29, 0.717) is 12.1 Å². The van der Waals surface area contributed by atoms with Crippen molar-refractivity contribution in [1.82, 2.24) is 10.4 Å². The van der Waals surface area contributed by atoms with E-state index in [9.17, 15) is 15.0 Å². The molecule has 0 bridgehead atoms. The number of piperidine rings is 1. The third-order valence-corrected chi connectivity index (χ3v) is 3.86. The van der Waals surface area contributed by atoms with Gasteiger partial charge < -0.3 is 15.1 Å². The Morgan fingerprint density at radius 1 is 1.29 bits per heavy atom. The molecule has 0 saturated carbocycles. The van der Waals surface area contributed by atoms with Crippen molar-refractivity contribution in [1.29, 1.82) is 0 Å². The van der Waals surface area contributed by atoms with Crippen LogP contribution in [0.4, 0.5) is 0 Å². The van der Waals surface area contributed by atoms with E-state index in [1.54, 1.807) is 6.08 Å². The number of carbonyl (C=O) groups is 1. The lowest BCUT2D eigenvalue weighted by molar-refractivity contribution is -0.122. The molecule has 1 fully saturated rings. The highest BCUT2D eigenvalue weighted by atomic mass is 16.7. The topological polar surface area (TPSA) is 82.0 Å². The van der Waals surface area contributed by atoms with Crippen molar-refractivity contribution in [2.24, 2.45) is 0 Å². The maximum atomic E-state index is 11.3. The second kappa shape index (κ2) is 5.75. The number of phenols is 1. The van der Waals surface area contributed by atoms with Gasteiger partial charge in [0.05, 0.1) is 6.10 Å². The molecule has 1 aromatic rings. The van der Waals surface area contributed by atoms with E-state index in [-0.39, 0.29) is 23.5 Å². The third-order valence-electron chi connectivity index (χ3n) is 3.86. The van der Waals surface area contributed by atoms with Gasteiger partial charge in [-0.15, -0.1) is 0 Å². The average Bonchev–Trinajstić information content (AvgIpc) is 2.67. The number of phenolic OH excluding ortho intramolecular Hbond substituents is 1. The number of benzene rings is 1. The van der Waals surface area contributed by atoms with Crippen molar-refractivity contribution >= 4 is 12.0 Å². The van der Waals surface area contributed by atoms with Crippen LogP contribution in [0.25, 0.3) is 6.08 Å². The number of aliphatic hydroxyl groups excluding tert-OH is 1. The molecular formula is C15H18N2O4. The van der Waals surface area contributed by atoms with E-state index in [2.05, 4.69) is 10.4 Å². The van der Waals surface area contributed by atoms with Crippen LogP contribution in [-0.2, 0) is 11.3 Å². The number of aliphatic hydroxyl groups is 1. The van der Waals surface area contributed by atoms with Crippen LogP contribution in [-0.4, -0.2) is 40.2 Å². The fourth-order valence-electron chi connectivity index (χ4n) is 2.61. The molecule has 1 amide bonds. The number of amides is 1. The molecule has 112 valence electrons. The third kappa shape index (κ3) is 3.01. The molecular weight excluding hydrogens is 272 g/mol. The van der Waals surface area contributed by atoms with Gasteiger partial charge in [-0.05, 0) is 18.9 Å². The first-order valence-corrected chi connectivity index (χ1v) is 7.03. The standard InChI is InChI=1S/C15H18N2O4/c18-12-5-7-17(8-6-12)9-11-2-1-10-3-4-13(19)16-21-15(10)14(11)20/h1-4,12,18,20H,5-9H2,(H,16,19). The Morgan fingerprint density at radius 3 is 2.81 bits per heavy atom. The SMILES string of the molecule is O=C1C=Cc2ccc(CN3CCC(O)CC3)c(O)c2ON1. The molecule has 0 aliphatic carbocycles. The first kappa shape index (κ1) is 13.9. The number of carbonyl (C=O) groups excluding carboxylic acids is 1. The summed E-state index contributed by atoms with van der Waals surface area (Å²) in [6.07, 6.45) is 4.25. The molecule has 0 radical (unpaired) electrons. The lowest BCUT2D eigenvalue weighted by Crippen LogP contribution is -2.35. The summed E-state index contributed by atoms with van der Waals surface area (Å²) < 4.78 is 0. The Bertz CT molecular complexity index is 577. The van der Waals surface area contributed by atoms with Gasteiger partial charge in [0.25, 0.3) is 5.91 Å². The molecule has 3 N–H and O–H groups in total. The summed E-state index contributed by atoms with van der Waals surface area (Å²) in [6.45, 7) is 2.19. The van der Waals surface area contributed by atoms with Gasteiger partial charge in [0.2, 0.25) is 5.75 Å². The Kier molecular flexibility index (Phi) is 3.81. The predicted molar refractivity (Wildman–Crippen MR) is 76.4 cm³/mol. The number of nitrogens with one attached hydrogen (secondary N) is 1. The van der Waals surface area contributed by atoms with Crippen LogP contribution in [0.1, 0.15) is 24.0 Å². The average molecular weight is 290 g/mol. The maximum Gasteiger partial charge on any atom is 0.276 e. The minimum absolute atomic E-state index is 0.0467. The Balaban J connectivity index is 1.79. The monoisotopic (exact) mass is 290 g/mol. The number of hydrogen-bond donors (Lipinski definition) is 3. The summed E-state index contributed by atoms with van der Waals surface area (Å²) in [4.78, 5) is 18.6. The molecule has 2 heterocycles. The number of rotatable bonds is 2. The molecule has 0 unspecified atom stereocenters. The van der Waals surface area contributed by atoms with Crippen molar-refractivity contribution in [2.75, 3.05) is 13.1 Å². The fourth-order valence-corrected chi connectivity index (χ4v) is 2.61. The predicted octanol–water partition coefficient (Wildman–Crippen LogP) is 0.786. The van der Waals surface area contributed by atoms with Crippen LogP contribution in [0.2, 0.25) is 0 Å². The number of likely N-dealkylation sites (tertiary alicyclic amines) is 1. The van der Waals surface area contributed by atoms with Crippen LogP contribution in [0.3, 0.4) is 0 Å². The van der Waals surface area contributed by atoms with Crippen LogP contribution >= 0.6 is 0 Å². The van der Waals surface area contributed by atoms with E-state index in [1.807, 2.05) is 12.1 Å². The Hall–Kier alpha value is -2.05. The molecule has 0 spiro atoms. The van der Waals surface area contributed by atoms with Gasteiger partial charge in [-0.2, -0.15) is 5.48 Å². The minimum atomic E-state index is -0.364. The van der Waals surface area contributed by atoms with Gasteiger partial charge >= 0.3 is 0 Å². The first-order valence-electron chi connectivity index (χ1n) is 7.03. The van der Waals surface area contributed by atoms with Gasteiger partial charge in [-0.25, -0.2) is 0 Å². The largest absolute Gasteiger partial charge is 0.504 e. The summed E-state index contributed by atoms with van der Waals surface area (Å²) in [6, 6.07) is 3.66. The number of fused-ring (bicyclic) bond motifs is 1. The van der Waals surface area contributed by atoms with Crippen LogP contribution in [0.5, 0.6) is 11.5 Å². The lowest BCUT2D eigenvalue weighted by Gasteiger charge is -2.29. The normalized spacial score (nSPS) is 19.6. The fraction of sp³-hybridized carbons (Fsp3) is 0.400. The highest BCUT2D eigenvalue weighted by molar-refractivity contribution is 5.92. The molecule has 6 heteroatoms. The van der Waals surface area contributed by atoms with Crippen molar-refractivity contribution in [2.45, 2.75) is 25.5 Å². The van der Waals surface area contributed by atoms with Crippen molar-refractivity contribution in [3.63, 3.8) is 0 Å². The highest BCUT2D eigenvalue weighted by Gasteiger charge is 2.21. The second-order valence-electron chi connectivity index (χ2n) is 5.40. The highest BCUT2D eigenvalue weighted by Crippen LogP contribution is 2.36. The first-order chi connectivity index (χ1) is 10.1. The number of aromatic hydroxyl groups is 1. The second-order valence-corrected chi connectivity index (χ2v) is 5.40. The lowest BCUT2D eigenvalue weighted by atomic mass is 10.0. The van der Waals surface area contributed by atoms with Crippen LogP contribution in [0, 0.1) is 0 Å². The quantitative estimate of drug-likeness (QED) is 0.750. The van der Waals surface area contributed by atoms with Crippen molar-refractivity contribution in [3.8, 4) is 11.5 Å². The van der Waals surface area contributed by atoms with Gasteiger partial charge in [-0.3, -0.25) is 9.69 Å². The zero-order chi connectivity index (χ0) is 14.8. The van der Waals surface area contributed by atoms with E-state index in [1.165, 1.54) is 6.08 Å². The van der Waals surface area contributed by atoms with Crippen LogP contribution in [0.15, 0.2) is 18.2 Å². The van der Waals surface area contributed by atoms with E-state index >= 15 is 0 Å². The maximum absolute atomic E-state index is 11.3. The van der Waals surface area contributed by atoms with E-state index in [0.717, 1.165) is 31.5 Å². The van der Waals surface area contributed by atoms with Crippen molar-refractivity contribution in [3.05, 3.63) is 29.3 Å². The van der Waals surface area contributed by atoms with Gasteiger partial charge in [0.1, 0.15) is 0 Å². The number of hydrogen-bond acceptors (Lipinski definition) is 5. The molecule has 1 saturated heterocycles. The summed E-state index contributed by atoms with van der Waals surface area (Å²) in [7, 11) is 0. The van der Waals surface area contributed by atoms with E-state index < -0.39 is 0 Å². The summed E-state index contributed by atoms with van der Waals surface area (Å²) in [5.74, 6) is -0.0470. The smallest absolute Gasteiger partial charge is 0.276 e. The molecule has 6 nitrogen and oxygen atoms in total. The Morgan fingerprint density at radius 2 is 2.05 bits per heavy atom. The van der Waals surface area contributed by atoms with Gasteiger partial charge in [0, 0.05) is 36.8 Å². The molecule has 2 aliphatic heterocycles. The molecule has 2 aliphatic rings. The minimum Gasteiger partial charge on any atom is -0.504 e. The van der Waals surface area contributed by atoms with Gasteiger partial charge in [-0.1, -0.05) is 12.1 Å². The molecule has 21 heavy (non-hydrogen) atoms. The Labute approximate surface area is 122 Å². The molecule has 0 aromatic heterocycles. The molecule has 0 atom stereocenters. The van der Waals surface area contributed by atoms with E-state index in [4.69, 9.17) is 4.84 Å². The molecule has 3 rings (SSSR count). The summed E-state index contributed by atoms with van der Waals surface area (Å²) in [5.41, 5.74) is 3.65. The zero-order valence-corrected chi connectivity index (χ0v) is 11.6. The molecule has 1 aromatic carbocycles. The summed E-state index contributed by atoms with van der Waals surface area (Å²) in [5, 5.41) is 19.9.